The highest BCUT2D eigenvalue weighted by molar-refractivity contribution is 7.10. The minimum atomic E-state index is -0.432. The van der Waals surface area contributed by atoms with Gasteiger partial charge in [0, 0.05) is 17.5 Å². The number of halogens is 2. The normalized spacial score (nSPS) is 12.4. The van der Waals surface area contributed by atoms with Gasteiger partial charge in [-0.1, -0.05) is 23.7 Å². The first-order chi connectivity index (χ1) is 9.18. The molecule has 1 N–H and O–H groups in total. The van der Waals surface area contributed by atoms with Crippen molar-refractivity contribution < 1.29 is 9.13 Å². The predicted molar refractivity (Wildman–Crippen MR) is 77.6 cm³/mol. The molecule has 0 spiro atoms. The Bertz CT molecular complexity index is 498. The number of para-hydroxylation sites is 1. The molecule has 1 aromatic carbocycles. The Morgan fingerprint density at radius 3 is 2.89 bits per heavy atom. The summed E-state index contributed by atoms with van der Waals surface area (Å²) in [6.45, 7) is 3.09. The molecule has 1 heterocycles. The van der Waals surface area contributed by atoms with Crippen molar-refractivity contribution in [2.24, 2.45) is 0 Å². The minimum absolute atomic E-state index is 0.120. The molecule has 2 aromatic rings. The van der Waals surface area contributed by atoms with Crippen LogP contribution in [0.15, 0.2) is 35.7 Å². The number of hydrogen-bond acceptors (Lipinski definition) is 3. The molecule has 0 radical (unpaired) electrons. The van der Waals surface area contributed by atoms with E-state index >= 15 is 0 Å². The van der Waals surface area contributed by atoms with Crippen LogP contribution in [-0.2, 0) is 0 Å². The van der Waals surface area contributed by atoms with Crippen LogP contribution in [0.2, 0.25) is 5.02 Å². The van der Waals surface area contributed by atoms with Gasteiger partial charge in [0.25, 0.3) is 0 Å². The van der Waals surface area contributed by atoms with Crippen molar-refractivity contribution in [2.75, 3.05) is 13.2 Å². The van der Waals surface area contributed by atoms with E-state index < -0.39 is 5.82 Å². The minimum Gasteiger partial charge on any atom is -0.488 e. The molecule has 102 valence electrons. The van der Waals surface area contributed by atoms with Crippen molar-refractivity contribution >= 4 is 22.9 Å². The van der Waals surface area contributed by atoms with E-state index in [4.69, 9.17) is 16.3 Å². The summed E-state index contributed by atoms with van der Waals surface area (Å²) in [5.41, 5.74) is 0. The maximum atomic E-state index is 13.4. The molecule has 1 aromatic heterocycles. The topological polar surface area (TPSA) is 21.3 Å². The number of ether oxygens (including phenoxy) is 1. The molecule has 0 aliphatic heterocycles. The number of thiophene rings is 1. The Hall–Kier alpha value is -1.10. The first kappa shape index (κ1) is 14.3. The van der Waals surface area contributed by atoms with Crippen LogP contribution in [0.3, 0.4) is 0 Å². The second kappa shape index (κ2) is 6.89. The lowest BCUT2D eigenvalue weighted by Gasteiger charge is -2.13. The van der Waals surface area contributed by atoms with Gasteiger partial charge < -0.3 is 10.1 Å². The van der Waals surface area contributed by atoms with Crippen LogP contribution in [-0.4, -0.2) is 13.2 Å². The third kappa shape index (κ3) is 3.93. The van der Waals surface area contributed by atoms with Gasteiger partial charge in [0.15, 0.2) is 11.6 Å². The van der Waals surface area contributed by atoms with E-state index in [9.17, 15) is 4.39 Å². The van der Waals surface area contributed by atoms with Crippen LogP contribution in [0.1, 0.15) is 17.8 Å². The first-order valence-electron chi connectivity index (χ1n) is 6.02. The smallest absolute Gasteiger partial charge is 0.173 e. The fourth-order valence-electron chi connectivity index (χ4n) is 1.69. The standard InChI is InChI=1S/C14H15ClFNOS/c1-10(13-6-3-9-19-13)17-7-8-18-14-11(15)4-2-5-12(14)16/h2-6,9-10,17H,7-8H2,1H3. The van der Waals surface area contributed by atoms with Gasteiger partial charge in [0.05, 0.1) is 5.02 Å². The van der Waals surface area contributed by atoms with Crippen LogP contribution in [0, 0.1) is 5.82 Å². The number of nitrogens with one attached hydrogen (secondary N) is 1. The van der Waals surface area contributed by atoms with Crippen molar-refractivity contribution in [3.63, 3.8) is 0 Å². The highest BCUT2D eigenvalue weighted by Gasteiger charge is 2.08. The summed E-state index contributed by atoms with van der Waals surface area (Å²) in [7, 11) is 0. The molecule has 0 aliphatic carbocycles. The van der Waals surface area contributed by atoms with Crippen LogP contribution in [0.4, 0.5) is 4.39 Å². The quantitative estimate of drug-likeness (QED) is 0.804. The van der Waals surface area contributed by atoms with Crippen LogP contribution in [0.25, 0.3) is 0 Å². The molecule has 0 saturated heterocycles. The van der Waals surface area contributed by atoms with Gasteiger partial charge in [-0.15, -0.1) is 11.3 Å². The third-order valence-electron chi connectivity index (χ3n) is 2.69. The molecular weight excluding hydrogens is 285 g/mol. The fraction of sp³-hybridized carbons (Fsp3) is 0.286. The van der Waals surface area contributed by atoms with Crippen molar-refractivity contribution in [2.45, 2.75) is 13.0 Å². The molecule has 0 saturated carbocycles. The SMILES string of the molecule is CC(NCCOc1c(F)cccc1Cl)c1cccs1. The molecule has 5 heteroatoms. The van der Waals surface area contributed by atoms with Gasteiger partial charge >= 0.3 is 0 Å². The number of rotatable bonds is 6. The summed E-state index contributed by atoms with van der Waals surface area (Å²) in [5, 5.41) is 5.66. The van der Waals surface area contributed by atoms with E-state index in [1.165, 1.54) is 10.9 Å². The molecule has 2 nitrogen and oxygen atoms in total. The molecule has 0 amide bonds. The summed E-state index contributed by atoms with van der Waals surface area (Å²) >= 11 is 7.57. The lowest BCUT2D eigenvalue weighted by atomic mass is 10.3. The summed E-state index contributed by atoms with van der Waals surface area (Å²) < 4.78 is 18.8. The van der Waals surface area contributed by atoms with E-state index in [1.807, 2.05) is 11.4 Å². The Labute approximate surface area is 121 Å². The molecule has 19 heavy (non-hydrogen) atoms. The van der Waals surface area contributed by atoms with Crippen molar-refractivity contribution in [1.82, 2.24) is 5.32 Å². The van der Waals surface area contributed by atoms with E-state index in [-0.39, 0.29) is 11.8 Å². The predicted octanol–water partition coefficient (Wildman–Crippen LogP) is 4.27. The van der Waals surface area contributed by atoms with Crippen LogP contribution < -0.4 is 10.1 Å². The fourth-order valence-corrected chi connectivity index (χ4v) is 2.66. The van der Waals surface area contributed by atoms with Crippen LogP contribution >= 0.6 is 22.9 Å². The van der Waals surface area contributed by atoms with Crippen molar-refractivity contribution in [3.8, 4) is 5.75 Å². The Morgan fingerprint density at radius 2 is 2.21 bits per heavy atom. The molecule has 0 aliphatic rings. The molecule has 1 atom stereocenters. The first-order valence-corrected chi connectivity index (χ1v) is 7.28. The molecule has 1 unspecified atom stereocenters. The lowest BCUT2D eigenvalue weighted by Crippen LogP contribution is -2.24. The Morgan fingerprint density at radius 1 is 1.37 bits per heavy atom. The Kier molecular flexibility index (Phi) is 5.19. The highest BCUT2D eigenvalue weighted by Crippen LogP contribution is 2.27. The maximum Gasteiger partial charge on any atom is 0.173 e. The number of hydrogen-bond donors (Lipinski definition) is 1. The van der Waals surface area contributed by atoms with Gasteiger partial charge in [0.1, 0.15) is 6.61 Å². The summed E-state index contributed by atoms with van der Waals surface area (Å²) in [6.07, 6.45) is 0. The molecule has 0 fully saturated rings. The van der Waals surface area contributed by atoms with Crippen molar-refractivity contribution in [1.29, 1.82) is 0 Å². The van der Waals surface area contributed by atoms with E-state index in [0.29, 0.717) is 18.2 Å². The monoisotopic (exact) mass is 299 g/mol. The zero-order valence-corrected chi connectivity index (χ0v) is 12.1. The average Bonchev–Trinajstić information content (AvgIpc) is 2.91. The molecular formula is C14H15ClFNOS. The second-order valence-electron chi connectivity index (χ2n) is 4.09. The largest absolute Gasteiger partial charge is 0.488 e. The second-order valence-corrected chi connectivity index (χ2v) is 5.48. The molecule has 2 rings (SSSR count). The number of benzene rings is 1. The summed E-state index contributed by atoms with van der Waals surface area (Å²) in [6, 6.07) is 8.87. The maximum absolute atomic E-state index is 13.4. The van der Waals surface area contributed by atoms with E-state index in [2.05, 4.69) is 18.3 Å². The summed E-state index contributed by atoms with van der Waals surface area (Å²) in [4.78, 5) is 1.27. The van der Waals surface area contributed by atoms with Crippen LogP contribution in [0.5, 0.6) is 5.75 Å². The van der Waals surface area contributed by atoms with Gasteiger partial charge in [-0.3, -0.25) is 0 Å². The van der Waals surface area contributed by atoms with Crippen molar-refractivity contribution in [3.05, 3.63) is 51.4 Å². The molecule has 0 bridgehead atoms. The van der Waals surface area contributed by atoms with Gasteiger partial charge in [-0.05, 0) is 30.5 Å². The zero-order valence-electron chi connectivity index (χ0n) is 10.5. The highest BCUT2D eigenvalue weighted by atomic mass is 35.5. The van der Waals surface area contributed by atoms with Gasteiger partial charge in [-0.25, -0.2) is 4.39 Å². The summed E-state index contributed by atoms with van der Waals surface area (Å²) in [5.74, 6) is -0.312. The Balaban J connectivity index is 1.78. The van der Waals surface area contributed by atoms with E-state index in [0.717, 1.165) is 0 Å². The average molecular weight is 300 g/mol. The van der Waals surface area contributed by atoms with Gasteiger partial charge in [-0.2, -0.15) is 0 Å². The van der Waals surface area contributed by atoms with Gasteiger partial charge in [0.2, 0.25) is 0 Å². The zero-order chi connectivity index (χ0) is 13.7. The van der Waals surface area contributed by atoms with E-state index in [1.54, 1.807) is 23.5 Å². The lowest BCUT2D eigenvalue weighted by molar-refractivity contribution is 0.294. The third-order valence-corrected chi connectivity index (χ3v) is 4.04.